The summed E-state index contributed by atoms with van der Waals surface area (Å²) in [5, 5.41) is 9.52. The highest BCUT2D eigenvalue weighted by Crippen LogP contribution is 2.44. The normalized spacial score (nSPS) is 12.0. The van der Waals surface area contributed by atoms with Gasteiger partial charge in [0.25, 0.3) is 0 Å². The molecule has 0 radical (unpaired) electrons. The van der Waals surface area contributed by atoms with Crippen molar-refractivity contribution < 1.29 is 8.83 Å². The maximum atomic E-state index is 6.40. The number of rotatable bonds is 4. The quantitative estimate of drug-likeness (QED) is 0.189. The average molecular weight is 658 g/mol. The van der Waals surface area contributed by atoms with Crippen LogP contribution in [0, 0.1) is 0 Å². The van der Waals surface area contributed by atoms with Gasteiger partial charge in [-0.25, -0.2) is 0 Å². The number of furan rings is 2. The first-order valence-corrected chi connectivity index (χ1v) is 17.6. The molecule has 0 atom stereocenters. The van der Waals surface area contributed by atoms with Crippen molar-refractivity contribution in [3.63, 3.8) is 0 Å². The summed E-state index contributed by atoms with van der Waals surface area (Å²) in [5.74, 6) is 0. The van der Waals surface area contributed by atoms with Crippen molar-refractivity contribution in [1.29, 1.82) is 0 Å². The third kappa shape index (κ3) is 4.09. The van der Waals surface area contributed by atoms with Crippen molar-refractivity contribution in [3.05, 3.63) is 164 Å². The van der Waals surface area contributed by atoms with E-state index in [9.17, 15) is 0 Å². The Morgan fingerprint density at radius 2 is 0.940 bits per heavy atom. The largest absolute Gasteiger partial charge is 0.456 e. The standard InChI is InChI=1S/C46H27NO2S/c1-2-12-36-32(9-1)38(27-43-46(36)37-13-4-7-15-41(37)49-43)28-17-19-29(20-18-28)47(30-22-24-45-39(25-30)35-11-5-8-16-44(35)50-45)31-21-23-34-33-10-3-6-14-40(33)48-42(34)26-31/h1-27H. The van der Waals surface area contributed by atoms with Crippen LogP contribution in [0.25, 0.3) is 85.9 Å². The third-order valence-corrected chi connectivity index (χ3v) is 11.2. The Kier molecular flexibility index (Phi) is 5.83. The number of benzene rings is 8. The molecule has 50 heavy (non-hydrogen) atoms. The van der Waals surface area contributed by atoms with Crippen LogP contribution in [0.2, 0.25) is 0 Å². The van der Waals surface area contributed by atoms with Gasteiger partial charge in [0, 0.05) is 64.8 Å². The van der Waals surface area contributed by atoms with E-state index in [0.717, 1.165) is 66.7 Å². The zero-order chi connectivity index (χ0) is 32.8. The van der Waals surface area contributed by atoms with Gasteiger partial charge in [-0.05, 0) is 88.6 Å². The fraction of sp³-hybridized carbons (Fsp3) is 0. The zero-order valence-corrected chi connectivity index (χ0v) is 27.6. The van der Waals surface area contributed by atoms with Gasteiger partial charge in [0.15, 0.2) is 0 Å². The molecule has 0 fully saturated rings. The molecule has 0 aliphatic rings. The fourth-order valence-corrected chi connectivity index (χ4v) is 8.86. The van der Waals surface area contributed by atoms with Crippen LogP contribution in [0.4, 0.5) is 17.1 Å². The number of anilines is 3. The van der Waals surface area contributed by atoms with Gasteiger partial charge >= 0.3 is 0 Å². The van der Waals surface area contributed by atoms with Crippen LogP contribution in [-0.4, -0.2) is 0 Å². The Bertz CT molecular complexity index is 3110. The molecule has 0 amide bonds. The molecular formula is C46H27NO2S. The van der Waals surface area contributed by atoms with Crippen LogP contribution < -0.4 is 4.90 Å². The maximum Gasteiger partial charge on any atom is 0.137 e. The Hall–Kier alpha value is -6.36. The van der Waals surface area contributed by atoms with Crippen LogP contribution >= 0.6 is 11.3 Å². The molecule has 0 saturated heterocycles. The minimum atomic E-state index is 0.873. The number of thiophene rings is 1. The number of hydrogen-bond acceptors (Lipinski definition) is 4. The molecule has 11 aromatic rings. The number of nitrogens with zero attached hydrogens (tertiary/aromatic N) is 1. The summed E-state index contributed by atoms with van der Waals surface area (Å²) in [4.78, 5) is 2.34. The first-order valence-electron chi connectivity index (χ1n) is 16.8. The predicted octanol–water partition coefficient (Wildman–Crippen LogP) is 14.1. The number of para-hydroxylation sites is 2. The molecule has 0 saturated carbocycles. The highest BCUT2D eigenvalue weighted by atomic mass is 32.1. The molecule has 0 N–H and O–H groups in total. The number of fused-ring (bicyclic) bond motifs is 11. The molecule has 11 rings (SSSR count). The van der Waals surface area contributed by atoms with Crippen molar-refractivity contribution in [2.24, 2.45) is 0 Å². The van der Waals surface area contributed by atoms with Crippen molar-refractivity contribution in [2.45, 2.75) is 0 Å². The summed E-state index contributed by atoms with van der Waals surface area (Å²) in [6.45, 7) is 0. The van der Waals surface area contributed by atoms with Gasteiger partial charge in [-0.3, -0.25) is 0 Å². The van der Waals surface area contributed by atoms with E-state index in [4.69, 9.17) is 8.83 Å². The van der Waals surface area contributed by atoms with Gasteiger partial charge in [-0.1, -0.05) is 91.0 Å². The van der Waals surface area contributed by atoms with Crippen LogP contribution in [0.5, 0.6) is 0 Å². The van der Waals surface area contributed by atoms with E-state index in [1.165, 1.54) is 36.3 Å². The lowest BCUT2D eigenvalue weighted by molar-refractivity contribution is 0.668. The highest BCUT2D eigenvalue weighted by molar-refractivity contribution is 7.25. The second-order valence-corrected chi connectivity index (χ2v) is 14.0. The Morgan fingerprint density at radius 1 is 0.360 bits per heavy atom. The Morgan fingerprint density at radius 3 is 1.78 bits per heavy atom. The maximum absolute atomic E-state index is 6.40. The lowest BCUT2D eigenvalue weighted by Crippen LogP contribution is -2.09. The number of hydrogen-bond donors (Lipinski definition) is 0. The fourth-order valence-electron chi connectivity index (χ4n) is 7.77. The van der Waals surface area contributed by atoms with Gasteiger partial charge in [-0.2, -0.15) is 0 Å². The van der Waals surface area contributed by atoms with Crippen LogP contribution in [-0.2, 0) is 0 Å². The van der Waals surface area contributed by atoms with E-state index in [0.29, 0.717) is 0 Å². The Balaban J connectivity index is 1.09. The summed E-state index contributed by atoms with van der Waals surface area (Å²) in [5.41, 5.74) is 9.08. The Labute approximate surface area is 290 Å². The molecule has 234 valence electrons. The van der Waals surface area contributed by atoms with E-state index in [2.05, 4.69) is 144 Å². The van der Waals surface area contributed by atoms with E-state index in [1.807, 2.05) is 35.6 Å². The van der Waals surface area contributed by atoms with Gasteiger partial charge in [-0.15, -0.1) is 11.3 Å². The minimum absolute atomic E-state index is 0.873. The van der Waals surface area contributed by atoms with E-state index >= 15 is 0 Å². The molecule has 0 aliphatic carbocycles. The molecule has 0 unspecified atom stereocenters. The van der Waals surface area contributed by atoms with Crippen molar-refractivity contribution in [3.8, 4) is 11.1 Å². The second-order valence-electron chi connectivity index (χ2n) is 12.9. The topological polar surface area (TPSA) is 29.5 Å². The summed E-state index contributed by atoms with van der Waals surface area (Å²) in [7, 11) is 0. The minimum Gasteiger partial charge on any atom is -0.456 e. The summed E-state index contributed by atoms with van der Waals surface area (Å²) in [6, 6.07) is 58.4. The third-order valence-electron chi connectivity index (χ3n) is 10.1. The smallest absolute Gasteiger partial charge is 0.137 e. The van der Waals surface area contributed by atoms with E-state index in [1.54, 1.807) is 0 Å². The zero-order valence-electron chi connectivity index (χ0n) is 26.8. The molecule has 3 heterocycles. The molecular weight excluding hydrogens is 631 g/mol. The monoisotopic (exact) mass is 657 g/mol. The molecule has 0 aliphatic heterocycles. The molecule has 0 spiro atoms. The highest BCUT2D eigenvalue weighted by Gasteiger charge is 2.19. The first kappa shape index (κ1) is 27.6. The van der Waals surface area contributed by atoms with Gasteiger partial charge < -0.3 is 13.7 Å². The van der Waals surface area contributed by atoms with Crippen LogP contribution in [0.3, 0.4) is 0 Å². The van der Waals surface area contributed by atoms with Crippen LogP contribution in [0.15, 0.2) is 173 Å². The van der Waals surface area contributed by atoms with E-state index < -0.39 is 0 Å². The molecule has 8 aromatic carbocycles. The van der Waals surface area contributed by atoms with Gasteiger partial charge in [0.1, 0.15) is 22.3 Å². The van der Waals surface area contributed by atoms with Crippen molar-refractivity contribution in [1.82, 2.24) is 0 Å². The summed E-state index contributed by atoms with van der Waals surface area (Å²) < 4.78 is 15.4. The summed E-state index contributed by atoms with van der Waals surface area (Å²) >= 11 is 1.84. The lowest BCUT2D eigenvalue weighted by Gasteiger charge is -2.26. The van der Waals surface area contributed by atoms with E-state index in [-0.39, 0.29) is 0 Å². The van der Waals surface area contributed by atoms with Crippen molar-refractivity contribution >= 4 is 103 Å². The molecule has 3 nitrogen and oxygen atoms in total. The van der Waals surface area contributed by atoms with Gasteiger partial charge in [0.05, 0.1) is 0 Å². The molecule has 3 aromatic heterocycles. The molecule has 4 heteroatoms. The first-order chi connectivity index (χ1) is 24.8. The second kappa shape index (κ2) is 10.6. The van der Waals surface area contributed by atoms with Crippen LogP contribution in [0.1, 0.15) is 0 Å². The summed E-state index contributed by atoms with van der Waals surface area (Å²) in [6.07, 6.45) is 0. The SMILES string of the molecule is c1ccc2c(c1)oc1cc(N(c3ccc(-c4cc5oc6ccccc6c5c5ccccc45)cc3)c3ccc4sc5ccccc5c4c3)ccc12. The average Bonchev–Trinajstić information content (AvgIpc) is 3.86. The van der Waals surface area contributed by atoms with Crippen molar-refractivity contribution in [2.75, 3.05) is 4.90 Å². The molecule has 0 bridgehead atoms. The lowest BCUT2D eigenvalue weighted by atomic mass is 9.94. The predicted molar refractivity (Wildman–Crippen MR) is 212 cm³/mol. The van der Waals surface area contributed by atoms with Gasteiger partial charge in [0.2, 0.25) is 0 Å².